The van der Waals surface area contributed by atoms with E-state index in [-0.39, 0.29) is 18.4 Å². The van der Waals surface area contributed by atoms with Gasteiger partial charge >= 0.3 is 0 Å². The second kappa shape index (κ2) is 7.77. The van der Waals surface area contributed by atoms with Crippen LogP contribution in [0.3, 0.4) is 0 Å². The lowest BCUT2D eigenvalue weighted by molar-refractivity contribution is 0.674. The topological polar surface area (TPSA) is 89.6 Å². The molecule has 4 N–H and O–H groups in total. The maximum absolute atomic E-state index is 5.44. The average molecular weight is 409 g/mol. The van der Waals surface area contributed by atoms with E-state index in [1.807, 2.05) is 24.4 Å². The van der Waals surface area contributed by atoms with Crippen LogP contribution in [0, 0.1) is 6.92 Å². The first kappa shape index (κ1) is 18.4. The summed E-state index contributed by atoms with van der Waals surface area (Å²) >= 11 is 3.64. The van der Waals surface area contributed by atoms with Crippen molar-refractivity contribution < 1.29 is 0 Å². The molecule has 3 rings (SSSR count). The summed E-state index contributed by atoms with van der Waals surface area (Å²) in [6.07, 6.45) is 3.49. The fraction of sp³-hybridized carbons (Fsp3) is 0.235. The van der Waals surface area contributed by atoms with Crippen molar-refractivity contribution in [2.45, 2.75) is 25.7 Å². The molecule has 0 saturated carbocycles. The third-order valence-corrected chi connectivity index (χ3v) is 4.76. The molecule has 1 aliphatic carbocycles. The summed E-state index contributed by atoms with van der Waals surface area (Å²) in [5.41, 5.74) is 16.3. The first-order valence-electron chi connectivity index (χ1n) is 7.41. The van der Waals surface area contributed by atoms with Crippen molar-refractivity contribution in [2.75, 3.05) is 0 Å². The molecule has 0 saturated heterocycles. The Morgan fingerprint density at radius 2 is 1.96 bits per heavy atom. The molecule has 7 heteroatoms. The van der Waals surface area contributed by atoms with Gasteiger partial charge in [-0.2, -0.15) is 5.10 Å². The van der Waals surface area contributed by atoms with Crippen LogP contribution in [0.5, 0.6) is 0 Å². The number of nitrogens with zero attached hydrogens (tertiary/aromatic N) is 3. The van der Waals surface area contributed by atoms with Crippen LogP contribution in [0.15, 0.2) is 51.2 Å². The van der Waals surface area contributed by atoms with Crippen LogP contribution in [0.25, 0.3) is 0 Å². The fourth-order valence-electron chi connectivity index (χ4n) is 3.04. The molecule has 1 aromatic carbocycles. The van der Waals surface area contributed by atoms with Crippen molar-refractivity contribution >= 4 is 40.0 Å². The predicted octanol–water partition coefficient (Wildman–Crippen LogP) is 3.28. The summed E-state index contributed by atoms with van der Waals surface area (Å²) in [6.45, 7) is 2.06. The van der Waals surface area contributed by atoms with Crippen LogP contribution in [0.4, 0.5) is 0 Å². The van der Waals surface area contributed by atoms with E-state index >= 15 is 0 Å². The van der Waals surface area contributed by atoms with Crippen LogP contribution in [0.2, 0.25) is 0 Å². The van der Waals surface area contributed by atoms with Gasteiger partial charge in [0.25, 0.3) is 0 Å². The van der Waals surface area contributed by atoms with Crippen molar-refractivity contribution in [2.24, 2.45) is 21.7 Å². The first-order valence-corrected chi connectivity index (χ1v) is 8.20. The van der Waals surface area contributed by atoms with Crippen molar-refractivity contribution in [1.29, 1.82) is 0 Å². The second-order valence-corrected chi connectivity index (χ2v) is 6.50. The van der Waals surface area contributed by atoms with Gasteiger partial charge in [0.2, 0.25) is 5.96 Å². The van der Waals surface area contributed by atoms with Crippen LogP contribution in [-0.4, -0.2) is 16.7 Å². The third-order valence-electron chi connectivity index (χ3n) is 4.04. The minimum atomic E-state index is -0.0383. The number of aromatic nitrogens is 1. The lowest BCUT2D eigenvalue weighted by atomic mass is 9.80. The summed E-state index contributed by atoms with van der Waals surface area (Å²) in [5.74, 6) is 0.254. The molecular formula is C17H19BrClN5. The second-order valence-electron chi connectivity index (χ2n) is 5.65. The number of benzene rings is 1. The lowest BCUT2D eigenvalue weighted by Crippen LogP contribution is -2.24. The zero-order valence-electron chi connectivity index (χ0n) is 13.2. The van der Waals surface area contributed by atoms with Crippen molar-refractivity contribution in [3.05, 3.63) is 63.4 Å². The zero-order valence-corrected chi connectivity index (χ0v) is 15.6. The maximum Gasteiger partial charge on any atom is 0.211 e. The molecule has 1 atom stereocenters. The van der Waals surface area contributed by atoms with E-state index in [1.54, 1.807) is 0 Å². The highest BCUT2D eigenvalue weighted by molar-refractivity contribution is 9.10. The molecule has 0 fully saturated rings. The van der Waals surface area contributed by atoms with Gasteiger partial charge in [-0.05, 0) is 48.9 Å². The maximum atomic E-state index is 5.44. The normalized spacial score (nSPS) is 17.8. The molecular weight excluding hydrogens is 390 g/mol. The van der Waals surface area contributed by atoms with Crippen molar-refractivity contribution in [1.82, 2.24) is 4.98 Å². The molecule has 0 spiro atoms. The van der Waals surface area contributed by atoms with Gasteiger partial charge in [0, 0.05) is 16.2 Å². The Labute approximate surface area is 155 Å². The Kier molecular flexibility index (Phi) is 5.96. The van der Waals surface area contributed by atoms with E-state index in [9.17, 15) is 0 Å². The predicted molar refractivity (Wildman–Crippen MR) is 104 cm³/mol. The van der Waals surface area contributed by atoms with Gasteiger partial charge in [0.15, 0.2) is 0 Å². The van der Waals surface area contributed by atoms with Crippen LogP contribution >= 0.6 is 28.3 Å². The molecule has 0 radical (unpaired) electrons. The number of nitrogens with two attached hydrogens (primary N) is 2. The molecule has 5 nitrogen and oxygen atoms in total. The largest absolute Gasteiger partial charge is 0.369 e. The molecule has 2 aromatic rings. The van der Waals surface area contributed by atoms with Gasteiger partial charge in [-0.1, -0.05) is 34.1 Å². The number of aryl methyl sites for hydroxylation is 1. The van der Waals surface area contributed by atoms with Crippen molar-refractivity contribution in [3.8, 4) is 0 Å². The molecule has 0 amide bonds. The number of fused-ring (bicyclic) bond motifs is 1. The Bertz CT molecular complexity index is 799. The SMILES string of the molecule is Cc1ccnc2c1C(=NN=C(N)N)CC(c1ccccc1Br)C2.Cl. The highest BCUT2D eigenvalue weighted by atomic mass is 79.9. The summed E-state index contributed by atoms with van der Waals surface area (Å²) in [4.78, 5) is 4.56. The minimum absolute atomic E-state index is 0. The van der Waals surface area contributed by atoms with E-state index in [0.29, 0.717) is 5.92 Å². The van der Waals surface area contributed by atoms with Crippen LogP contribution in [-0.2, 0) is 6.42 Å². The summed E-state index contributed by atoms with van der Waals surface area (Å²) < 4.78 is 1.10. The van der Waals surface area contributed by atoms with Gasteiger partial charge in [-0.3, -0.25) is 4.98 Å². The summed E-state index contributed by atoms with van der Waals surface area (Å²) in [6, 6.07) is 10.2. The first-order chi connectivity index (χ1) is 11.1. The van der Waals surface area contributed by atoms with Gasteiger partial charge in [0.1, 0.15) is 0 Å². The monoisotopic (exact) mass is 407 g/mol. The van der Waals surface area contributed by atoms with Gasteiger partial charge in [-0.25, -0.2) is 0 Å². The number of hydrogen-bond acceptors (Lipinski definition) is 3. The number of hydrogen-bond donors (Lipinski definition) is 2. The third kappa shape index (κ3) is 3.76. The minimum Gasteiger partial charge on any atom is -0.369 e. The molecule has 1 aromatic heterocycles. The average Bonchev–Trinajstić information content (AvgIpc) is 2.53. The van der Waals surface area contributed by atoms with Crippen molar-refractivity contribution in [3.63, 3.8) is 0 Å². The number of guanidine groups is 1. The highest BCUT2D eigenvalue weighted by Crippen LogP contribution is 2.36. The number of halogens is 2. The Hall–Kier alpha value is -1.92. The molecule has 126 valence electrons. The summed E-state index contributed by atoms with van der Waals surface area (Å²) in [5, 5.41) is 8.15. The van der Waals surface area contributed by atoms with E-state index in [2.05, 4.69) is 50.2 Å². The fourth-order valence-corrected chi connectivity index (χ4v) is 3.65. The van der Waals surface area contributed by atoms with E-state index in [1.165, 1.54) is 5.56 Å². The van der Waals surface area contributed by atoms with E-state index < -0.39 is 0 Å². The Morgan fingerprint density at radius 1 is 1.21 bits per heavy atom. The standard InChI is InChI=1S/C17H18BrN5.ClH/c1-10-6-7-21-14-8-11(12-4-2-3-5-13(12)18)9-15(16(10)14)22-23-17(19)20;/h2-7,11H,8-9H2,1H3,(H4,19,20,23);1H. The number of pyridine rings is 1. The van der Waals surface area contributed by atoms with Crippen LogP contribution < -0.4 is 11.5 Å². The quantitative estimate of drug-likeness (QED) is 0.454. The smallest absolute Gasteiger partial charge is 0.211 e. The van der Waals surface area contributed by atoms with E-state index in [0.717, 1.165) is 39.8 Å². The lowest BCUT2D eigenvalue weighted by Gasteiger charge is -2.27. The molecule has 1 aliphatic rings. The number of rotatable bonds is 2. The molecule has 0 bridgehead atoms. The zero-order chi connectivity index (χ0) is 16.4. The molecule has 0 aliphatic heterocycles. The van der Waals surface area contributed by atoms with Gasteiger partial charge in [0.05, 0.1) is 11.4 Å². The Morgan fingerprint density at radius 3 is 2.67 bits per heavy atom. The molecule has 1 unspecified atom stereocenters. The molecule has 24 heavy (non-hydrogen) atoms. The highest BCUT2D eigenvalue weighted by Gasteiger charge is 2.28. The molecule has 1 heterocycles. The Balaban J connectivity index is 0.00000208. The summed E-state index contributed by atoms with van der Waals surface area (Å²) in [7, 11) is 0. The van der Waals surface area contributed by atoms with E-state index in [4.69, 9.17) is 11.5 Å². The van der Waals surface area contributed by atoms with Gasteiger partial charge in [-0.15, -0.1) is 17.5 Å². The van der Waals surface area contributed by atoms with Gasteiger partial charge < -0.3 is 11.5 Å². The van der Waals surface area contributed by atoms with Crippen LogP contribution in [0.1, 0.15) is 34.7 Å².